The third kappa shape index (κ3) is 5.30. The van der Waals surface area contributed by atoms with Crippen molar-refractivity contribution in [2.45, 2.75) is 56.1 Å². The second kappa shape index (κ2) is 7.86. The molecule has 0 saturated carbocycles. The summed E-state index contributed by atoms with van der Waals surface area (Å²) in [5, 5.41) is -1.03. The van der Waals surface area contributed by atoms with Gasteiger partial charge in [-0.3, -0.25) is 14.4 Å². The van der Waals surface area contributed by atoms with Crippen molar-refractivity contribution >= 4 is 41.5 Å². The summed E-state index contributed by atoms with van der Waals surface area (Å²) in [7, 11) is 0. The van der Waals surface area contributed by atoms with Crippen molar-refractivity contribution in [2.24, 2.45) is 11.8 Å². The van der Waals surface area contributed by atoms with Crippen molar-refractivity contribution in [3.05, 3.63) is 0 Å². The van der Waals surface area contributed by atoms with Gasteiger partial charge in [0.05, 0.1) is 9.33 Å². The largest absolute Gasteiger partial charge is 0.341 e. The topological polar surface area (TPSA) is 54.5 Å². The van der Waals surface area contributed by atoms with Crippen LogP contribution in [0.15, 0.2) is 0 Å². The zero-order chi connectivity index (χ0) is 17.1. The molecule has 4 nitrogen and oxygen atoms in total. The number of hydrogen-bond acceptors (Lipinski definition) is 5. The van der Waals surface area contributed by atoms with Gasteiger partial charge in [0.15, 0.2) is 6.29 Å². The Bertz CT molecular complexity index is 425. The Hall–Kier alpha value is -0.490. The van der Waals surface area contributed by atoms with Crippen LogP contribution in [0.1, 0.15) is 41.5 Å². The van der Waals surface area contributed by atoms with Gasteiger partial charge in [-0.25, -0.2) is 0 Å². The highest BCUT2D eigenvalue weighted by atomic mass is 32.2. The quantitative estimate of drug-likeness (QED) is 0.524. The van der Waals surface area contributed by atoms with E-state index in [-0.39, 0.29) is 9.99 Å². The molecule has 2 atom stereocenters. The number of nitrogens with zero attached hydrogens (tertiary/aromatic N) is 1. The number of ketones is 1. The molecule has 0 aromatic carbocycles. The molecule has 6 heteroatoms. The highest BCUT2D eigenvalue weighted by Gasteiger charge is 2.48. The van der Waals surface area contributed by atoms with Crippen LogP contribution in [0, 0.1) is 11.8 Å². The smallest absolute Gasteiger partial charge is 0.237 e. The van der Waals surface area contributed by atoms with Crippen LogP contribution >= 0.6 is 23.5 Å². The van der Waals surface area contributed by atoms with Gasteiger partial charge in [0, 0.05) is 13.1 Å². The maximum Gasteiger partial charge on any atom is 0.237 e. The van der Waals surface area contributed by atoms with Crippen molar-refractivity contribution in [1.29, 1.82) is 0 Å². The van der Waals surface area contributed by atoms with Crippen LogP contribution in [0.5, 0.6) is 0 Å². The monoisotopic (exact) mass is 345 g/mol. The lowest BCUT2D eigenvalue weighted by atomic mass is 10.1. The zero-order valence-electron chi connectivity index (χ0n) is 14.3. The Kier molecular flexibility index (Phi) is 6.99. The predicted octanol–water partition coefficient (Wildman–Crippen LogP) is 2.85. The molecule has 1 saturated heterocycles. The standard InChI is InChI=1S/C16H27NO3S2/c1-10(2)7-17(8-11(3)4)15(20)14-13(12(19)9-18)21-16(5,6)22-14/h9-11,13-14H,7-8H2,1-6H3. The molecule has 2 unspecified atom stereocenters. The number of thioether (sulfide) groups is 2. The Morgan fingerprint density at radius 2 is 1.50 bits per heavy atom. The van der Waals surface area contributed by atoms with Crippen molar-refractivity contribution in [2.75, 3.05) is 13.1 Å². The molecule has 1 aliphatic heterocycles. The number of hydrogen-bond donors (Lipinski definition) is 0. The molecule has 0 aliphatic carbocycles. The van der Waals surface area contributed by atoms with Crippen LogP contribution in [-0.4, -0.2) is 50.5 Å². The van der Waals surface area contributed by atoms with Crippen LogP contribution in [0.3, 0.4) is 0 Å². The lowest BCUT2D eigenvalue weighted by Gasteiger charge is -2.30. The highest BCUT2D eigenvalue weighted by molar-refractivity contribution is 8.22. The first-order valence-electron chi connectivity index (χ1n) is 7.70. The highest BCUT2D eigenvalue weighted by Crippen LogP contribution is 2.52. The van der Waals surface area contributed by atoms with E-state index in [1.807, 2.05) is 18.7 Å². The van der Waals surface area contributed by atoms with Crippen LogP contribution in [0.25, 0.3) is 0 Å². The lowest BCUT2D eigenvalue weighted by molar-refractivity contribution is -0.134. The second-order valence-corrected chi connectivity index (χ2v) is 10.8. The molecule has 0 aromatic rings. The van der Waals surface area contributed by atoms with Gasteiger partial charge in [-0.15, -0.1) is 23.5 Å². The first-order chi connectivity index (χ1) is 10.1. The van der Waals surface area contributed by atoms with E-state index in [0.29, 0.717) is 31.2 Å². The summed E-state index contributed by atoms with van der Waals surface area (Å²) in [6, 6.07) is 0. The fraction of sp³-hybridized carbons (Fsp3) is 0.812. The minimum absolute atomic E-state index is 0.00863. The Morgan fingerprint density at radius 1 is 1.05 bits per heavy atom. The first kappa shape index (κ1) is 19.6. The molecule has 0 spiro atoms. The number of aldehydes is 1. The van der Waals surface area contributed by atoms with Crippen molar-refractivity contribution in [1.82, 2.24) is 4.90 Å². The summed E-state index contributed by atoms with van der Waals surface area (Å²) in [4.78, 5) is 37.6. The fourth-order valence-corrected chi connectivity index (χ4v) is 5.85. The van der Waals surface area contributed by atoms with Crippen LogP contribution in [-0.2, 0) is 14.4 Å². The third-order valence-corrected chi connectivity index (χ3v) is 6.59. The zero-order valence-corrected chi connectivity index (χ0v) is 15.9. The summed E-state index contributed by atoms with van der Waals surface area (Å²) in [6.45, 7) is 13.7. The summed E-state index contributed by atoms with van der Waals surface area (Å²) in [5.41, 5.74) is 0. The van der Waals surface area contributed by atoms with Crippen LogP contribution in [0.2, 0.25) is 0 Å². The second-order valence-electron chi connectivity index (χ2n) is 7.03. The molecule has 1 aliphatic rings. The maximum absolute atomic E-state index is 13.0. The Labute approximate surface area is 142 Å². The summed E-state index contributed by atoms with van der Waals surface area (Å²) in [5.74, 6) is 0.256. The third-order valence-electron chi connectivity index (χ3n) is 3.22. The number of Topliss-reactive ketones (excluding diaryl/α,β-unsaturated/α-hetero) is 1. The summed E-state index contributed by atoms with van der Waals surface area (Å²) < 4.78 is -0.231. The van der Waals surface area contributed by atoms with Gasteiger partial charge in [-0.1, -0.05) is 27.7 Å². The first-order valence-corrected chi connectivity index (χ1v) is 9.46. The Morgan fingerprint density at radius 3 is 1.91 bits per heavy atom. The van der Waals surface area contributed by atoms with E-state index in [0.717, 1.165) is 0 Å². The van der Waals surface area contributed by atoms with Gasteiger partial charge in [0.2, 0.25) is 11.7 Å². The van der Waals surface area contributed by atoms with E-state index in [1.54, 1.807) is 0 Å². The van der Waals surface area contributed by atoms with Gasteiger partial charge >= 0.3 is 0 Å². The fourth-order valence-electron chi connectivity index (χ4n) is 2.53. The van der Waals surface area contributed by atoms with E-state index in [1.165, 1.54) is 23.5 Å². The lowest BCUT2D eigenvalue weighted by Crippen LogP contribution is -2.46. The van der Waals surface area contributed by atoms with Crippen molar-refractivity contribution in [3.8, 4) is 0 Å². The number of carbonyl (C=O) groups excluding carboxylic acids is 3. The average Bonchev–Trinajstić information content (AvgIpc) is 2.71. The van der Waals surface area contributed by atoms with E-state index in [2.05, 4.69) is 27.7 Å². The van der Waals surface area contributed by atoms with Gasteiger partial charge < -0.3 is 4.90 Å². The van der Waals surface area contributed by atoms with Crippen LogP contribution < -0.4 is 0 Å². The molecule has 126 valence electrons. The van der Waals surface area contributed by atoms with E-state index in [9.17, 15) is 14.4 Å². The van der Waals surface area contributed by atoms with Gasteiger partial charge in [-0.2, -0.15) is 0 Å². The normalized spacial score (nSPS) is 23.8. The van der Waals surface area contributed by atoms with Gasteiger partial charge in [0.25, 0.3) is 0 Å². The van der Waals surface area contributed by atoms with Gasteiger partial charge in [0.1, 0.15) is 5.25 Å². The minimum atomic E-state index is -0.563. The maximum atomic E-state index is 13.0. The predicted molar refractivity (Wildman–Crippen MR) is 94.2 cm³/mol. The molecule has 0 N–H and O–H groups in total. The van der Waals surface area contributed by atoms with E-state index in [4.69, 9.17) is 0 Å². The van der Waals surface area contributed by atoms with Crippen molar-refractivity contribution in [3.63, 3.8) is 0 Å². The average molecular weight is 346 g/mol. The summed E-state index contributed by atoms with van der Waals surface area (Å²) >= 11 is 2.93. The molecule has 1 fully saturated rings. The molecule has 1 amide bonds. The minimum Gasteiger partial charge on any atom is -0.341 e. The molecule has 1 heterocycles. The molecule has 22 heavy (non-hydrogen) atoms. The summed E-state index contributed by atoms with van der Waals surface area (Å²) in [6.07, 6.45) is 0.356. The van der Waals surface area contributed by atoms with E-state index >= 15 is 0 Å². The molecular formula is C16H27NO3S2. The molecule has 0 radical (unpaired) electrons. The number of rotatable bonds is 7. The van der Waals surface area contributed by atoms with Crippen LogP contribution in [0.4, 0.5) is 0 Å². The number of amides is 1. The van der Waals surface area contributed by atoms with E-state index < -0.39 is 16.3 Å². The van der Waals surface area contributed by atoms with Gasteiger partial charge in [-0.05, 0) is 25.7 Å². The molecule has 0 aromatic heterocycles. The van der Waals surface area contributed by atoms with Crippen molar-refractivity contribution < 1.29 is 14.4 Å². The number of carbonyl (C=O) groups is 3. The molecule has 0 bridgehead atoms. The SMILES string of the molecule is CC(C)CN(CC(C)C)C(=O)C1SC(C)(C)SC1C(=O)C=O. The Balaban J connectivity index is 2.98. The molecule has 1 rings (SSSR count). The molecular weight excluding hydrogens is 318 g/mol.